The van der Waals surface area contributed by atoms with E-state index >= 15 is 0 Å². The first-order chi connectivity index (χ1) is 14.2. The average molecular weight is 422 g/mol. The molecule has 1 aliphatic carbocycles. The molecular weight excluding hydrogens is 401 g/mol. The van der Waals surface area contributed by atoms with Crippen molar-refractivity contribution in [3.63, 3.8) is 0 Å². The summed E-state index contributed by atoms with van der Waals surface area (Å²) in [5.74, 6) is 0.0338. The molecule has 0 bridgehead atoms. The summed E-state index contributed by atoms with van der Waals surface area (Å²) in [6.07, 6.45) is -1.18. The molecule has 30 heavy (non-hydrogen) atoms. The quantitative estimate of drug-likeness (QED) is 0.778. The number of alkyl halides is 3. The highest BCUT2D eigenvalue weighted by molar-refractivity contribution is 5.74. The highest BCUT2D eigenvalue weighted by Crippen LogP contribution is 2.45. The molecule has 2 aliphatic rings. The van der Waals surface area contributed by atoms with Crippen molar-refractivity contribution in [1.29, 1.82) is 0 Å². The maximum atomic E-state index is 13.5. The fourth-order valence-corrected chi connectivity index (χ4v) is 3.68. The molecule has 0 radical (unpaired) electrons. The first-order valence-electron chi connectivity index (χ1n) is 9.49. The number of halogens is 3. The number of amides is 1. The second-order valence-electron chi connectivity index (χ2n) is 7.50. The molecule has 2 aromatic heterocycles. The van der Waals surface area contributed by atoms with Gasteiger partial charge in [-0.1, -0.05) is 0 Å². The predicted octanol–water partition coefficient (Wildman–Crippen LogP) is 2.18. The van der Waals surface area contributed by atoms with Crippen LogP contribution in [0.2, 0.25) is 0 Å². The number of nitrogen functional groups attached to an aromatic ring is 1. The van der Waals surface area contributed by atoms with Gasteiger partial charge in [-0.25, -0.2) is 15.0 Å². The second-order valence-corrected chi connectivity index (χ2v) is 7.50. The molecule has 1 amide bonds. The van der Waals surface area contributed by atoms with Crippen molar-refractivity contribution in [3.05, 3.63) is 41.3 Å². The van der Waals surface area contributed by atoms with E-state index in [1.54, 1.807) is 17.2 Å². The average Bonchev–Trinajstić information content (AvgIpc) is 3.47. The van der Waals surface area contributed by atoms with Gasteiger partial charge in [0.2, 0.25) is 11.9 Å². The van der Waals surface area contributed by atoms with Crippen molar-refractivity contribution in [1.82, 2.24) is 20.3 Å². The van der Waals surface area contributed by atoms with E-state index in [0.717, 1.165) is 25.1 Å². The smallest absolute Gasteiger partial charge is 0.384 e. The first-order valence-corrected chi connectivity index (χ1v) is 9.49. The minimum atomic E-state index is -4.58. The number of hydrogen-bond acceptors (Lipinski definition) is 7. The van der Waals surface area contributed by atoms with Gasteiger partial charge in [-0.2, -0.15) is 13.2 Å². The van der Waals surface area contributed by atoms with Crippen LogP contribution in [0.5, 0.6) is 0 Å². The van der Waals surface area contributed by atoms with Gasteiger partial charge >= 0.3 is 6.18 Å². The van der Waals surface area contributed by atoms with E-state index in [1.807, 2.05) is 0 Å². The number of pyridine rings is 1. The fraction of sp³-hybridized carbons (Fsp3) is 0.474. The Hall–Kier alpha value is -2.95. The number of ether oxygens (including phenoxy) is 1. The Kier molecular flexibility index (Phi) is 5.00. The van der Waals surface area contributed by atoms with E-state index < -0.39 is 23.4 Å². The van der Waals surface area contributed by atoms with Gasteiger partial charge in [-0.15, -0.1) is 0 Å². The largest absolute Gasteiger partial charge is 0.416 e. The lowest BCUT2D eigenvalue weighted by Gasteiger charge is -2.34. The molecule has 8 nitrogen and oxygen atoms in total. The number of carbonyl (C=O) groups excluding carboxylic acids is 1. The Morgan fingerprint density at radius 3 is 2.80 bits per heavy atom. The van der Waals surface area contributed by atoms with Crippen LogP contribution in [0.3, 0.4) is 0 Å². The van der Waals surface area contributed by atoms with Crippen molar-refractivity contribution in [2.75, 3.05) is 30.3 Å². The molecular formula is C19H21F3N6O2. The summed E-state index contributed by atoms with van der Waals surface area (Å²) >= 11 is 0. The molecule has 160 valence electrons. The van der Waals surface area contributed by atoms with Crippen LogP contribution in [-0.4, -0.2) is 40.6 Å². The highest BCUT2D eigenvalue weighted by Gasteiger charge is 2.47. The number of hydrogen-bond donors (Lipinski definition) is 2. The van der Waals surface area contributed by atoms with E-state index in [4.69, 9.17) is 10.5 Å². The standard InChI is InChI=1S/C19H21F3N6O2/c1-11(29)27-18(3-4-18)15-2-5-24-17(26-15)28-6-7-30-14(10-28)12-9-25-16(23)8-13(12)19(20,21)22/h2,5,8-9,14H,3-4,6-7,10H2,1H3,(H2,23,25)(H,27,29). The molecule has 0 aromatic carbocycles. The van der Waals surface area contributed by atoms with Crippen LogP contribution in [0.1, 0.15) is 42.7 Å². The molecule has 3 heterocycles. The van der Waals surface area contributed by atoms with Crippen LogP contribution < -0.4 is 16.0 Å². The Labute approximate surface area is 170 Å². The van der Waals surface area contributed by atoms with Crippen molar-refractivity contribution in [2.24, 2.45) is 0 Å². The number of nitrogens with two attached hydrogens (primary N) is 1. The number of rotatable bonds is 4. The Bertz CT molecular complexity index is 964. The zero-order chi connectivity index (χ0) is 21.5. The van der Waals surface area contributed by atoms with Gasteiger partial charge in [0.05, 0.1) is 29.9 Å². The van der Waals surface area contributed by atoms with Crippen LogP contribution in [0.25, 0.3) is 0 Å². The normalized spacial score (nSPS) is 20.7. The lowest BCUT2D eigenvalue weighted by Crippen LogP contribution is -2.40. The minimum absolute atomic E-state index is 0.0746. The topological polar surface area (TPSA) is 106 Å². The fourth-order valence-electron chi connectivity index (χ4n) is 3.68. The van der Waals surface area contributed by atoms with Crippen LogP contribution >= 0.6 is 0 Å². The zero-order valence-corrected chi connectivity index (χ0v) is 16.2. The number of nitrogens with one attached hydrogen (secondary N) is 1. The second kappa shape index (κ2) is 7.38. The third-order valence-electron chi connectivity index (χ3n) is 5.26. The molecule has 4 rings (SSSR count). The molecule has 1 unspecified atom stereocenters. The SMILES string of the molecule is CC(=O)NC1(c2ccnc(N3CCOC(c4cnc(N)cc4C(F)(F)F)C3)n2)CC1. The molecule has 1 saturated carbocycles. The summed E-state index contributed by atoms with van der Waals surface area (Å²) in [5.41, 5.74) is 4.73. The molecule has 2 aromatic rings. The van der Waals surface area contributed by atoms with Gasteiger partial charge in [0, 0.05) is 31.4 Å². The lowest BCUT2D eigenvalue weighted by atomic mass is 10.0. The van der Waals surface area contributed by atoms with E-state index in [9.17, 15) is 18.0 Å². The third kappa shape index (κ3) is 4.02. The van der Waals surface area contributed by atoms with Crippen LogP contribution in [0.4, 0.5) is 24.9 Å². The van der Waals surface area contributed by atoms with E-state index in [2.05, 4.69) is 20.3 Å². The number of carbonyl (C=O) groups is 1. The lowest BCUT2D eigenvalue weighted by molar-refractivity contribution is -0.139. The maximum Gasteiger partial charge on any atom is 0.416 e. The molecule has 1 saturated heterocycles. The van der Waals surface area contributed by atoms with Gasteiger partial charge in [0.1, 0.15) is 11.9 Å². The summed E-state index contributed by atoms with van der Waals surface area (Å²) in [4.78, 5) is 26.0. The van der Waals surface area contributed by atoms with E-state index in [1.165, 1.54) is 6.92 Å². The third-order valence-corrected chi connectivity index (χ3v) is 5.26. The summed E-state index contributed by atoms with van der Waals surface area (Å²) in [6.45, 7) is 2.21. The summed E-state index contributed by atoms with van der Waals surface area (Å²) < 4.78 is 46.1. The van der Waals surface area contributed by atoms with Crippen LogP contribution in [-0.2, 0) is 21.2 Å². The molecule has 11 heteroatoms. The van der Waals surface area contributed by atoms with Gasteiger partial charge in [-0.05, 0) is 25.0 Å². The van der Waals surface area contributed by atoms with Gasteiger partial charge in [0.25, 0.3) is 0 Å². The minimum Gasteiger partial charge on any atom is -0.384 e. The van der Waals surface area contributed by atoms with E-state index in [0.29, 0.717) is 18.2 Å². The van der Waals surface area contributed by atoms with Crippen molar-refractivity contribution < 1.29 is 22.7 Å². The first kappa shape index (κ1) is 20.3. The number of anilines is 2. The molecule has 1 aliphatic heterocycles. The van der Waals surface area contributed by atoms with Crippen LogP contribution in [0.15, 0.2) is 24.5 Å². The number of morpholine rings is 1. The van der Waals surface area contributed by atoms with Crippen molar-refractivity contribution in [2.45, 2.75) is 37.6 Å². The monoisotopic (exact) mass is 422 g/mol. The summed E-state index contributed by atoms with van der Waals surface area (Å²) in [6, 6.07) is 2.56. The van der Waals surface area contributed by atoms with Gasteiger partial charge in [0.15, 0.2) is 0 Å². The molecule has 1 atom stereocenters. The maximum absolute atomic E-state index is 13.5. The molecule has 0 spiro atoms. The number of aromatic nitrogens is 3. The molecule has 3 N–H and O–H groups in total. The summed E-state index contributed by atoms with van der Waals surface area (Å²) in [7, 11) is 0. The predicted molar refractivity (Wildman–Crippen MR) is 101 cm³/mol. The summed E-state index contributed by atoms with van der Waals surface area (Å²) in [5, 5.41) is 2.92. The van der Waals surface area contributed by atoms with Crippen molar-refractivity contribution in [3.8, 4) is 0 Å². The highest BCUT2D eigenvalue weighted by atomic mass is 19.4. The zero-order valence-electron chi connectivity index (χ0n) is 16.2. The Morgan fingerprint density at radius 1 is 1.37 bits per heavy atom. The van der Waals surface area contributed by atoms with Gasteiger partial charge < -0.3 is 20.7 Å². The Morgan fingerprint density at radius 2 is 2.13 bits per heavy atom. The van der Waals surface area contributed by atoms with Crippen molar-refractivity contribution >= 4 is 17.7 Å². The molecule has 2 fully saturated rings. The van der Waals surface area contributed by atoms with E-state index in [-0.39, 0.29) is 30.4 Å². The Balaban J connectivity index is 1.59. The van der Waals surface area contributed by atoms with Crippen LogP contribution in [0, 0.1) is 0 Å². The number of nitrogens with zero attached hydrogens (tertiary/aromatic N) is 4. The van der Waals surface area contributed by atoms with Gasteiger partial charge in [-0.3, -0.25) is 4.79 Å².